The second-order valence-electron chi connectivity index (χ2n) is 5.96. The quantitative estimate of drug-likeness (QED) is 0.909. The number of aryl methyl sites for hydroxylation is 1. The van der Waals surface area contributed by atoms with Crippen LogP contribution in [0.1, 0.15) is 43.5 Å². The molecule has 0 aromatic carbocycles. The van der Waals surface area contributed by atoms with Crippen molar-refractivity contribution in [3.05, 3.63) is 5.01 Å². The Morgan fingerprint density at radius 2 is 1.95 bits per heavy atom. The van der Waals surface area contributed by atoms with Gasteiger partial charge in [0.25, 0.3) is 0 Å². The minimum Gasteiger partial charge on any atom is -0.345 e. The Balaban J connectivity index is 1.67. The number of piperidine rings is 1. The van der Waals surface area contributed by atoms with Gasteiger partial charge in [-0.25, -0.2) is 13.1 Å². The standard InChI is InChI=1S/C13H22N4O2S2/c1-10-14-15-13(20-10)17-8-4-7-12(9-17)21(18,19)16-11-5-2-3-6-11/h11-12,16H,2-9H2,1H3. The zero-order chi connectivity index (χ0) is 14.9. The van der Waals surface area contributed by atoms with E-state index < -0.39 is 10.0 Å². The molecular formula is C13H22N4O2S2. The molecule has 1 atom stereocenters. The fourth-order valence-electron chi connectivity index (χ4n) is 3.15. The topological polar surface area (TPSA) is 75.2 Å². The zero-order valence-electron chi connectivity index (χ0n) is 12.3. The van der Waals surface area contributed by atoms with E-state index in [1.165, 1.54) is 11.3 Å². The first-order valence-corrected chi connectivity index (χ1v) is 9.97. The minimum absolute atomic E-state index is 0.147. The summed E-state index contributed by atoms with van der Waals surface area (Å²) in [6.07, 6.45) is 5.84. The van der Waals surface area contributed by atoms with Crippen LogP contribution in [0.25, 0.3) is 0 Å². The first-order valence-electron chi connectivity index (χ1n) is 7.61. The molecule has 8 heteroatoms. The lowest BCUT2D eigenvalue weighted by Crippen LogP contribution is -2.48. The van der Waals surface area contributed by atoms with Crippen LogP contribution in [0, 0.1) is 6.92 Å². The molecule has 0 bridgehead atoms. The maximum Gasteiger partial charge on any atom is 0.216 e. The van der Waals surface area contributed by atoms with Crippen molar-refractivity contribution in [1.82, 2.24) is 14.9 Å². The minimum atomic E-state index is -3.24. The van der Waals surface area contributed by atoms with Crippen LogP contribution in [0.3, 0.4) is 0 Å². The first kappa shape index (κ1) is 15.2. The van der Waals surface area contributed by atoms with Gasteiger partial charge in [0.15, 0.2) is 0 Å². The molecule has 0 spiro atoms. The Hall–Kier alpha value is -0.730. The zero-order valence-corrected chi connectivity index (χ0v) is 13.9. The van der Waals surface area contributed by atoms with Crippen LogP contribution in [0.15, 0.2) is 0 Å². The molecule has 1 saturated carbocycles. The van der Waals surface area contributed by atoms with Crippen LogP contribution in [0.4, 0.5) is 5.13 Å². The lowest BCUT2D eigenvalue weighted by Gasteiger charge is -2.32. The van der Waals surface area contributed by atoms with Crippen molar-refractivity contribution in [2.75, 3.05) is 18.0 Å². The van der Waals surface area contributed by atoms with E-state index in [2.05, 4.69) is 19.8 Å². The maximum atomic E-state index is 12.6. The van der Waals surface area contributed by atoms with Crippen molar-refractivity contribution in [3.63, 3.8) is 0 Å². The molecule has 21 heavy (non-hydrogen) atoms. The molecule has 1 saturated heterocycles. The molecular weight excluding hydrogens is 308 g/mol. The third-order valence-electron chi connectivity index (χ3n) is 4.29. The summed E-state index contributed by atoms with van der Waals surface area (Å²) in [7, 11) is -3.24. The van der Waals surface area contributed by atoms with Crippen LogP contribution in [0.5, 0.6) is 0 Å². The lowest BCUT2D eigenvalue weighted by molar-refractivity contribution is 0.505. The second-order valence-corrected chi connectivity index (χ2v) is 9.11. The monoisotopic (exact) mass is 330 g/mol. The summed E-state index contributed by atoms with van der Waals surface area (Å²) in [5, 5.41) is 9.58. The van der Waals surface area contributed by atoms with Gasteiger partial charge in [0.2, 0.25) is 15.2 Å². The van der Waals surface area contributed by atoms with Crippen molar-refractivity contribution in [1.29, 1.82) is 0 Å². The van der Waals surface area contributed by atoms with Gasteiger partial charge < -0.3 is 4.90 Å². The largest absolute Gasteiger partial charge is 0.345 e. The number of sulfonamides is 1. The molecule has 1 aromatic heterocycles. The second kappa shape index (κ2) is 6.18. The average molecular weight is 330 g/mol. The highest BCUT2D eigenvalue weighted by atomic mass is 32.2. The van der Waals surface area contributed by atoms with Crippen LogP contribution >= 0.6 is 11.3 Å². The number of nitrogens with one attached hydrogen (secondary N) is 1. The molecule has 1 aliphatic carbocycles. The van der Waals surface area contributed by atoms with Gasteiger partial charge in [-0.2, -0.15) is 0 Å². The number of anilines is 1. The Labute approximate surface area is 130 Å². The summed E-state index contributed by atoms with van der Waals surface area (Å²) in [6, 6.07) is 0.147. The predicted molar refractivity (Wildman–Crippen MR) is 84.2 cm³/mol. The number of hydrogen-bond acceptors (Lipinski definition) is 6. The van der Waals surface area contributed by atoms with E-state index in [9.17, 15) is 8.42 Å². The Morgan fingerprint density at radius 3 is 2.62 bits per heavy atom. The van der Waals surface area contributed by atoms with E-state index >= 15 is 0 Å². The van der Waals surface area contributed by atoms with Crippen molar-refractivity contribution in [2.24, 2.45) is 0 Å². The Bertz CT molecular complexity index is 581. The summed E-state index contributed by atoms with van der Waals surface area (Å²) in [4.78, 5) is 2.06. The predicted octanol–water partition coefficient (Wildman–Crippen LogP) is 1.68. The van der Waals surface area contributed by atoms with Crippen molar-refractivity contribution in [2.45, 2.75) is 56.7 Å². The highest BCUT2D eigenvalue weighted by Gasteiger charge is 2.33. The molecule has 2 fully saturated rings. The molecule has 1 unspecified atom stereocenters. The Morgan fingerprint density at radius 1 is 1.19 bits per heavy atom. The first-order chi connectivity index (χ1) is 10.0. The van der Waals surface area contributed by atoms with Crippen LogP contribution < -0.4 is 9.62 Å². The summed E-state index contributed by atoms with van der Waals surface area (Å²) in [5.41, 5.74) is 0. The van der Waals surface area contributed by atoms with Gasteiger partial charge in [-0.05, 0) is 32.6 Å². The van der Waals surface area contributed by atoms with Crippen LogP contribution in [0.2, 0.25) is 0 Å². The van der Waals surface area contributed by atoms with E-state index in [-0.39, 0.29) is 11.3 Å². The molecule has 3 rings (SSSR count). The smallest absolute Gasteiger partial charge is 0.216 e. The molecule has 118 valence electrons. The molecule has 6 nitrogen and oxygen atoms in total. The molecule has 0 amide bonds. The maximum absolute atomic E-state index is 12.6. The van der Waals surface area contributed by atoms with E-state index in [4.69, 9.17) is 0 Å². The van der Waals surface area contributed by atoms with Crippen molar-refractivity contribution >= 4 is 26.5 Å². The molecule has 0 radical (unpaired) electrons. The normalized spacial score (nSPS) is 24.6. The molecule has 2 heterocycles. The summed E-state index contributed by atoms with van der Waals surface area (Å²) in [6.45, 7) is 3.31. The highest BCUT2D eigenvalue weighted by molar-refractivity contribution is 7.90. The number of aromatic nitrogens is 2. The van der Waals surface area contributed by atoms with E-state index in [1.807, 2.05) is 6.92 Å². The highest BCUT2D eigenvalue weighted by Crippen LogP contribution is 2.26. The average Bonchev–Trinajstić information content (AvgIpc) is 3.10. The number of rotatable bonds is 4. The van der Waals surface area contributed by atoms with E-state index in [0.29, 0.717) is 6.54 Å². The van der Waals surface area contributed by atoms with Crippen LogP contribution in [-0.2, 0) is 10.0 Å². The number of hydrogen-bond donors (Lipinski definition) is 1. The van der Waals surface area contributed by atoms with Crippen molar-refractivity contribution in [3.8, 4) is 0 Å². The van der Waals surface area contributed by atoms with Gasteiger partial charge in [-0.15, -0.1) is 10.2 Å². The Kier molecular flexibility index (Phi) is 4.46. The molecule has 1 aromatic rings. The fraction of sp³-hybridized carbons (Fsp3) is 0.846. The summed E-state index contributed by atoms with van der Waals surface area (Å²) in [5.74, 6) is 0. The van der Waals surface area contributed by atoms with Crippen molar-refractivity contribution < 1.29 is 8.42 Å². The van der Waals surface area contributed by atoms with E-state index in [0.717, 1.165) is 55.2 Å². The van der Waals surface area contributed by atoms with Gasteiger partial charge in [0, 0.05) is 19.1 Å². The van der Waals surface area contributed by atoms with Gasteiger partial charge in [0.05, 0.1) is 5.25 Å². The SMILES string of the molecule is Cc1nnc(N2CCCC(S(=O)(=O)NC3CCCC3)C2)s1. The van der Waals surface area contributed by atoms with Crippen LogP contribution in [-0.4, -0.2) is 43.0 Å². The molecule has 1 N–H and O–H groups in total. The van der Waals surface area contributed by atoms with E-state index in [1.54, 1.807) is 0 Å². The third-order valence-corrected chi connectivity index (χ3v) is 7.11. The van der Waals surface area contributed by atoms with Gasteiger partial charge in [0.1, 0.15) is 5.01 Å². The third kappa shape index (κ3) is 3.54. The fourth-order valence-corrected chi connectivity index (χ4v) is 5.62. The van der Waals surface area contributed by atoms with Gasteiger partial charge in [-0.1, -0.05) is 24.2 Å². The molecule has 2 aliphatic rings. The summed E-state index contributed by atoms with van der Waals surface area (Å²) < 4.78 is 28.0. The van der Waals surface area contributed by atoms with Gasteiger partial charge >= 0.3 is 0 Å². The molecule has 1 aliphatic heterocycles. The van der Waals surface area contributed by atoms with Gasteiger partial charge in [-0.3, -0.25) is 0 Å². The lowest BCUT2D eigenvalue weighted by atomic mass is 10.1. The summed E-state index contributed by atoms with van der Waals surface area (Å²) >= 11 is 1.53. The number of nitrogens with zero attached hydrogens (tertiary/aromatic N) is 3.